The lowest BCUT2D eigenvalue weighted by atomic mass is 10.3. The number of aromatic amines is 1. The van der Waals surface area contributed by atoms with Crippen molar-refractivity contribution in [3.05, 3.63) is 21.0 Å². The highest BCUT2D eigenvalue weighted by molar-refractivity contribution is 5.35. The molecule has 1 aromatic heterocycles. The summed E-state index contributed by atoms with van der Waals surface area (Å²) >= 11 is 0. The molecule has 0 saturated heterocycles. The Balaban J connectivity index is 2.82. The van der Waals surface area contributed by atoms with Crippen LogP contribution in [0.15, 0.2) is 9.32 Å². The highest BCUT2D eigenvalue weighted by Crippen LogP contribution is 1.95. The van der Waals surface area contributed by atoms with E-state index >= 15 is 0 Å². The van der Waals surface area contributed by atoms with Crippen molar-refractivity contribution >= 4 is 12.3 Å². The Hall–Kier alpha value is -1.49. The van der Waals surface area contributed by atoms with E-state index in [1.54, 1.807) is 13.2 Å². The first-order chi connectivity index (χ1) is 5.68. The number of hydrogen-bond acceptors (Lipinski definition) is 4. The number of hydrogen-bond donors (Lipinski definition) is 2. The standard InChI is InChI=1S/C7H8N2O3/c1-9-3-4-5(2-6(9)10)12-8-7(4)11/h2-3,6,10H,1H3,(H,8,11). The van der Waals surface area contributed by atoms with Crippen molar-refractivity contribution in [1.29, 1.82) is 0 Å². The van der Waals surface area contributed by atoms with Gasteiger partial charge < -0.3 is 14.5 Å². The Morgan fingerprint density at radius 2 is 2.50 bits per heavy atom. The van der Waals surface area contributed by atoms with Gasteiger partial charge in [0.15, 0.2) is 5.42 Å². The van der Waals surface area contributed by atoms with Crippen molar-refractivity contribution in [2.45, 2.75) is 6.23 Å². The van der Waals surface area contributed by atoms with Gasteiger partial charge >= 0.3 is 0 Å². The first kappa shape index (κ1) is 7.17. The average Bonchev–Trinajstić information content (AvgIpc) is 2.35. The maximum absolute atomic E-state index is 11.0. The van der Waals surface area contributed by atoms with Crippen LogP contribution in [0.2, 0.25) is 0 Å². The van der Waals surface area contributed by atoms with Crippen molar-refractivity contribution < 1.29 is 9.63 Å². The third-order valence-corrected chi connectivity index (χ3v) is 1.81. The van der Waals surface area contributed by atoms with E-state index < -0.39 is 6.23 Å². The molecular weight excluding hydrogens is 160 g/mol. The molecule has 0 amide bonds. The summed E-state index contributed by atoms with van der Waals surface area (Å²) in [6, 6.07) is 0. The van der Waals surface area contributed by atoms with E-state index in [0.717, 1.165) is 0 Å². The monoisotopic (exact) mass is 168 g/mol. The van der Waals surface area contributed by atoms with Gasteiger partial charge in [-0.2, -0.15) is 5.16 Å². The minimum Gasteiger partial charge on any atom is -0.378 e. The molecule has 0 aromatic carbocycles. The third kappa shape index (κ3) is 0.868. The Bertz CT molecular complexity index is 456. The molecule has 2 heterocycles. The lowest BCUT2D eigenvalue weighted by molar-refractivity contribution is 0.122. The molecule has 0 saturated carbocycles. The topological polar surface area (TPSA) is 69.5 Å². The second-order valence-electron chi connectivity index (χ2n) is 2.69. The lowest BCUT2D eigenvalue weighted by Crippen LogP contribution is -2.43. The van der Waals surface area contributed by atoms with Gasteiger partial charge in [-0.25, -0.2) is 0 Å². The van der Waals surface area contributed by atoms with E-state index in [1.807, 2.05) is 0 Å². The van der Waals surface area contributed by atoms with Crippen LogP contribution >= 0.6 is 0 Å². The smallest absolute Gasteiger partial charge is 0.289 e. The zero-order chi connectivity index (χ0) is 8.72. The molecule has 0 fully saturated rings. The second-order valence-corrected chi connectivity index (χ2v) is 2.69. The summed E-state index contributed by atoms with van der Waals surface area (Å²) in [5.41, 5.74) is 0.116. The molecular formula is C7H8N2O3. The summed E-state index contributed by atoms with van der Waals surface area (Å²) in [4.78, 5) is 12.5. The SMILES string of the molecule is CN1C=c2c(=O)[nH]oc2=CC1O. The Morgan fingerprint density at radius 1 is 1.75 bits per heavy atom. The van der Waals surface area contributed by atoms with Crippen LogP contribution in [0.4, 0.5) is 0 Å². The normalized spacial score (nSPS) is 21.2. The molecule has 2 N–H and O–H groups in total. The summed E-state index contributed by atoms with van der Waals surface area (Å²) in [5, 5.41) is 11.9. The molecule has 0 radical (unpaired) electrons. The van der Waals surface area contributed by atoms with Gasteiger partial charge in [0, 0.05) is 19.3 Å². The van der Waals surface area contributed by atoms with Crippen molar-refractivity contribution in [1.82, 2.24) is 10.1 Å². The minimum atomic E-state index is -0.726. The molecule has 1 aliphatic rings. The van der Waals surface area contributed by atoms with Crippen LogP contribution in [0.5, 0.6) is 0 Å². The number of aliphatic hydroxyl groups excluding tert-OH is 1. The van der Waals surface area contributed by atoms with Crippen LogP contribution in [0.25, 0.3) is 12.3 Å². The summed E-state index contributed by atoms with van der Waals surface area (Å²) < 4.78 is 4.79. The van der Waals surface area contributed by atoms with E-state index in [2.05, 4.69) is 5.16 Å². The number of nitrogens with one attached hydrogen (secondary N) is 1. The van der Waals surface area contributed by atoms with Crippen LogP contribution in [-0.2, 0) is 0 Å². The molecule has 64 valence electrons. The Labute approximate surface area is 67.2 Å². The van der Waals surface area contributed by atoms with Crippen molar-refractivity contribution in [2.24, 2.45) is 0 Å². The molecule has 1 atom stereocenters. The van der Waals surface area contributed by atoms with Crippen molar-refractivity contribution in [3.8, 4) is 0 Å². The maximum atomic E-state index is 11.0. The summed E-state index contributed by atoms with van der Waals surface area (Å²) in [5.74, 6) is 0. The van der Waals surface area contributed by atoms with Crippen LogP contribution in [0.1, 0.15) is 0 Å². The molecule has 1 aliphatic heterocycles. The molecule has 0 bridgehead atoms. The summed E-state index contributed by atoms with van der Waals surface area (Å²) in [7, 11) is 1.68. The summed E-state index contributed by atoms with van der Waals surface area (Å²) in [6.07, 6.45) is 2.28. The Morgan fingerprint density at radius 3 is 3.25 bits per heavy atom. The lowest BCUT2D eigenvalue weighted by Gasteiger charge is -2.19. The first-order valence-corrected chi connectivity index (χ1v) is 3.49. The number of fused-ring (bicyclic) bond motifs is 1. The highest BCUT2D eigenvalue weighted by Gasteiger charge is 2.11. The van der Waals surface area contributed by atoms with Crippen LogP contribution in [0.3, 0.4) is 0 Å². The predicted octanol–water partition coefficient (Wildman–Crippen LogP) is -2.25. The van der Waals surface area contributed by atoms with E-state index in [4.69, 9.17) is 4.52 Å². The number of rotatable bonds is 0. The van der Waals surface area contributed by atoms with Crippen LogP contribution in [0, 0.1) is 0 Å². The van der Waals surface area contributed by atoms with E-state index in [-0.39, 0.29) is 5.56 Å². The minimum absolute atomic E-state index is 0.278. The van der Waals surface area contributed by atoms with Gasteiger partial charge in [-0.1, -0.05) is 0 Å². The van der Waals surface area contributed by atoms with E-state index in [0.29, 0.717) is 10.6 Å². The fourth-order valence-corrected chi connectivity index (χ4v) is 1.10. The molecule has 1 unspecified atom stereocenters. The molecule has 12 heavy (non-hydrogen) atoms. The molecule has 5 heteroatoms. The van der Waals surface area contributed by atoms with E-state index in [1.165, 1.54) is 11.0 Å². The number of aromatic nitrogens is 1. The van der Waals surface area contributed by atoms with Gasteiger partial charge in [0.05, 0.1) is 0 Å². The fraction of sp³-hybridized carbons (Fsp3) is 0.286. The van der Waals surface area contributed by atoms with Crippen LogP contribution in [-0.4, -0.2) is 28.4 Å². The van der Waals surface area contributed by atoms with Gasteiger partial charge in [0.2, 0.25) is 0 Å². The molecule has 5 nitrogen and oxygen atoms in total. The van der Waals surface area contributed by atoms with Crippen LogP contribution < -0.4 is 16.2 Å². The van der Waals surface area contributed by atoms with Gasteiger partial charge in [0.25, 0.3) is 5.56 Å². The highest BCUT2D eigenvalue weighted by atomic mass is 16.5. The number of aliphatic hydroxyl groups is 1. The third-order valence-electron chi connectivity index (χ3n) is 1.81. The zero-order valence-corrected chi connectivity index (χ0v) is 6.44. The number of nitrogens with zero attached hydrogens (tertiary/aromatic N) is 1. The maximum Gasteiger partial charge on any atom is 0.289 e. The second kappa shape index (κ2) is 2.25. The first-order valence-electron chi connectivity index (χ1n) is 3.49. The quantitative estimate of drug-likeness (QED) is 0.459. The molecule has 0 spiro atoms. The average molecular weight is 168 g/mol. The predicted molar refractivity (Wildman–Crippen MR) is 41.3 cm³/mol. The van der Waals surface area contributed by atoms with Crippen molar-refractivity contribution in [2.75, 3.05) is 7.05 Å². The molecule has 0 aliphatic carbocycles. The van der Waals surface area contributed by atoms with Crippen molar-refractivity contribution in [3.63, 3.8) is 0 Å². The Kier molecular flexibility index (Phi) is 1.34. The van der Waals surface area contributed by atoms with Gasteiger partial charge in [-0.05, 0) is 0 Å². The fourth-order valence-electron chi connectivity index (χ4n) is 1.10. The summed E-state index contributed by atoms with van der Waals surface area (Å²) in [6.45, 7) is 0. The van der Waals surface area contributed by atoms with Gasteiger partial charge in [-0.3, -0.25) is 4.79 Å². The van der Waals surface area contributed by atoms with Gasteiger partial charge in [0.1, 0.15) is 11.4 Å². The van der Waals surface area contributed by atoms with E-state index in [9.17, 15) is 9.90 Å². The largest absolute Gasteiger partial charge is 0.378 e. The van der Waals surface area contributed by atoms with Gasteiger partial charge in [-0.15, -0.1) is 0 Å². The zero-order valence-electron chi connectivity index (χ0n) is 6.44. The number of H-pyrrole nitrogens is 1. The molecule has 2 rings (SSSR count). The molecule has 1 aromatic rings.